The van der Waals surface area contributed by atoms with Crippen molar-refractivity contribution in [3.8, 4) is 0 Å². The molecule has 0 bridgehead atoms. The highest BCUT2D eigenvalue weighted by molar-refractivity contribution is 9.10. The van der Waals surface area contributed by atoms with E-state index in [9.17, 15) is 8.78 Å². The smallest absolute Gasteiger partial charge is 0.124 e. The quantitative estimate of drug-likeness (QED) is 0.756. The van der Waals surface area contributed by atoms with Crippen LogP contribution in [0.3, 0.4) is 0 Å². The fourth-order valence-electron chi connectivity index (χ4n) is 2.12. The van der Waals surface area contributed by atoms with Gasteiger partial charge in [-0.05, 0) is 54.9 Å². The number of rotatable bonds is 4. The number of nitrogens with one attached hydrogen (secondary N) is 1. The molecule has 0 aliphatic carbocycles. The van der Waals surface area contributed by atoms with Crippen LogP contribution in [0.2, 0.25) is 0 Å². The van der Waals surface area contributed by atoms with Crippen LogP contribution in [0.1, 0.15) is 17.2 Å². The molecule has 0 aliphatic rings. The molecule has 106 valence electrons. The number of likely N-dealkylation sites (N-methyl/N-ethyl adjacent to an activating group) is 1. The summed E-state index contributed by atoms with van der Waals surface area (Å²) in [6, 6.07) is 9.36. The van der Waals surface area contributed by atoms with Crippen molar-refractivity contribution in [3.05, 3.63) is 68.1 Å². The largest absolute Gasteiger partial charge is 0.313 e. The van der Waals surface area contributed by atoms with E-state index in [1.807, 2.05) is 13.1 Å². The first-order valence-electron chi connectivity index (χ1n) is 6.07. The number of halogens is 4. The Hall–Kier alpha value is -0.780. The van der Waals surface area contributed by atoms with Gasteiger partial charge in [-0.2, -0.15) is 0 Å². The topological polar surface area (TPSA) is 12.0 Å². The van der Waals surface area contributed by atoms with Crippen LogP contribution in [0.4, 0.5) is 8.78 Å². The van der Waals surface area contributed by atoms with Gasteiger partial charge in [0, 0.05) is 15.0 Å². The van der Waals surface area contributed by atoms with Gasteiger partial charge in [-0.25, -0.2) is 8.78 Å². The number of hydrogen-bond acceptors (Lipinski definition) is 1. The van der Waals surface area contributed by atoms with Crippen molar-refractivity contribution >= 4 is 31.9 Å². The van der Waals surface area contributed by atoms with E-state index in [1.165, 1.54) is 24.3 Å². The number of benzene rings is 2. The standard InChI is InChI=1S/C15H13Br2F2N/c1-20-15(13-3-2-11(18)8-14(13)17)6-9-4-10(16)7-12(19)5-9/h2-5,7-8,15,20H,6H2,1H3. The SMILES string of the molecule is CNC(Cc1cc(F)cc(Br)c1)c1ccc(F)cc1Br. The average molecular weight is 405 g/mol. The molecule has 5 heteroatoms. The predicted octanol–water partition coefficient (Wildman–Crippen LogP) is 4.99. The van der Waals surface area contributed by atoms with Crippen molar-refractivity contribution in [2.45, 2.75) is 12.5 Å². The molecule has 2 rings (SSSR count). The second-order valence-corrected chi connectivity index (χ2v) is 6.26. The molecular formula is C15H13Br2F2N. The zero-order chi connectivity index (χ0) is 14.7. The summed E-state index contributed by atoms with van der Waals surface area (Å²) in [5.41, 5.74) is 1.81. The van der Waals surface area contributed by atoms with E-state index in [-0.39, 0.29) is 17.7 Å². The molecule has 0 fully saturated rings. The van der Waals surface area contributed by atoms with Gasteiger partial charge in [-0.15, -0.1) is 0 Å². The summed E-state index contributed by atoms with van der Waals surface area (Å²) in [5.74, 6) is -0.564. The molecule has 0 aliphatic heterocycles. The molecule has 1 N–H and O–H groups in total. The van der Waals surface area contributed by atoms with Gasteiger partial charge in [0.25, 0.3) is 0 Å². The van der Waals surface area contributed by atoms with Gasteiger partial charge in [0.15, 0.2) is 0 Å². The summed E-state index contributed by atoms with van der Waals surface area (Å²) in [6.45, 7) is 0. The van der Waals surface area contributed by atoms with Crippen molar-refractivity contribution in [1.29, 1.82) is 0 Å². The summed E-state index contributed by atoms with van der Waals surface area (Å²) in [7, 11) is 1.83. The molecule has 1 atom stereocenters. The molecule has 0 amide bonds. The second-order valence-electron chi connectivity index (χ2n) is 4.49. The van der Waals surface area contributed by atoms with E-state index < -0.39 is 0 Å². The van der Waals surface area contributed by atoms with Gasteiger partial charge >= 0.3 is 0 Å². The molecule has 0 saturated carbocycles. The maximum atomic E-state index is 13.4. The van der Waals surface area contributed by atoms with Gasteiger partial charge in [-0.3, -0.25) is 0 Å². The third-order valence-electron chi connectivity index (χ3n) is 3.05. The van der Waals surface area contributed by atoms with Crippen LogP contribution in [0.15, 0.2) is 45.3 Å². The van der Waals surface area contributed by atoms with Gasteiger partial charge in [-0.1, -0.05) is 37.9 Å². The van der Waals surface area contributed by atoms with Crippen LogP contribution in [-0.2, 0) is 6.42 Å². The molecule has 0 heterocycles. The normalized spacial score (nSPS) is 12.4. The average Bonchev–Trinajstić information content (AvgIpc) is 2.35. The summed E-state index contributed by atoms with van der Waals surface area (Å²) in [4.78, 5) is 0. The van der Waals surface area contributed by atoms with Crippen molar-refractivity contribution in [3.63, 3.8) is 0 Å². The highest BCUT2D eigenvalue weighted by Gasteiger charge is 2.14. The maximum Gasteiger partial charge on any atom is 0.124 e. The lowest BCUT2D eigenvalue weighted by molar-refractivity contribution is 0.577. The van der Waals surface area contributed by atoms with Crippen LogP contribution in [0, 0.1) is 11.6 Å². The fourth-order valence-corrected chi connectivity index (χ4v) is 3.26. The zero-order valence-electron chi connectivity index (χ0n) is 10.8. The van der Waals surface area contributed by atoms with Crippen molar-refractivity contribution in [1.82, 2.24) is 5.32 Å². The Kier molecular flexibility index (Phi) is 5.29. The molecule has 0 spiro atoms. The Morgan fingerprint density at radius 3 is 2.40 bits per heavy atom. The Balaban J connectivity index is 2.28. The lowest BCUT2D eigenvalue weighted by Gasteiger charge is -2.18. The van der Waals surface area contributed by atoms with Gasteiger partial charge in [0.2, 0.25) is 0 Å². The minimum absolute atomic E-state index is 0.0290. The van der Waals surface area contributed by atoms with E-state index in [2.05, 4.69) is 37.2 Å². The fraction of sp³-hybridized carbons (Fsp3) is 0.200. The highest BCUT2D eigenvalue weighted by atomic mass is 79.9. The first kappa shape index (κ1) is 15.6. The van der Waals surface area contributed by atoms with E-state index in [0.29, 0.717) is 15.4 Å². The zero-order valence-corrected chi connectivity index (χ0v) is 13.9. The summed E-state index contributed by atoms with van der Waals surface area (Å²) < 4.78 is 28.0. The lowest BCUT2D eigenvalue weighted by Crippen LogP contribution is -2.19. The van der Waals surface area contributed by atoms with E-state index >= 15 is 0 Å². The molecule has 0 radical (unpaired) electrons. The summed E-state index contributed by atoms with van der Waals surface area (Å²) in [6.07, 6.45) is 0.608. The molecule has 2 aromatic carbocycles. The molecule has 1 unspecified atom stereocenters. The Morgan fingerprint density at radius 2 is 1.80 bits per heavy atom. The molecule has 1 nitrogen and oxygen atoms in total. The Morgan fingerprint density at radius 1 is 1.05 bits per heavy atom. The predicted molar refractivity (Wildman–Crippen MR) is 83.7 cm³/mol. The van der Waals surface area contributed by atoms with E-state index in [0.717, 1.165) is 11.1 Å². The monoisotopic (exact) mass is 403 g/mol. The van der Waals surface area contributed by atoms with Crippen molar-refractivity contribution < 1.29 is 8.78 Å². The first-order chi connectivity index (χ1) is 9.49. The highest BCUT2D eigenvalue weighted by Crippen LogP contribution is 2.27. The molecule has 0 saturated heterocycles. The Labute approximate surface area is 133 Å². The third kappa shape index (κ3) is 3.87. The molecule has 2 aromatic rings. The van der Waals surface area contributed by atoms with Gasteiger partial charge < -0.3 is 5.32 Å². The molecule has 0 aromatic heterocycles. The lowest BCUT2D eigenvalue weighted by atomic mass is 9.99. The van der Waals surface area contributed by atoms with Crippen LogP contribution in [-0.4, -0.2) is 7.05 Å². The Bertz CT molecular complexity index is 597. The van der Waals surface area contributed by atoms with E-state index in [4.69, 9.17) is 0 Å². The summed E-state index contributed by atoms with van der Waals surface area (Å²) >= 11 is 6.65. The van der Waals surface area contributed by atoms with Crippen LogP contribution < -0.4 is 5.32 Å². The van der Waals surface area contributed by atoms with Crippen LogP contribution in [0.25, 0.3) is 0 Å². The van der Waals surface area contributed by atoms with Gasteiger partial charge in [0.1, 0.15) is 11.6 Å². The maximum absolute atomic E-state index is 13.4. The van der Waals surface area contributed by atoms with Crippen molar-refractivity contribution in [2.24, 2.45) is 0 Å². The third-order valence-corrected chi connectivity index (χ3v) is 4.19. The molecule has 20 heavy (non-hydrogen) atoms. The van der Waals surface area contributed by atoms with Crippen LogP contribution in [0.5, 0.6) is 0 Å². The van der Waals surface area contributed by atoms with Gasteiger partial charge in [0.05, 0.1) is 0 Å². The van der Waals surface area contributed by atoms with Crippen LogP contribution >= 0.6 is 31.9 Å². The minimum Gasteiger partial charge on any atom is -0.313 e. The van der Waals surface area contributed by atoms with Crippen molar-refractivity contribution in [2.75, 3.05) is 7.05 Å². The second kappa shape index (κ2) is 6.78. The summed E-state index contributed by atoms with van der Waals surface area (Å²) in [5, 5.41) is 3.18. The molecular weight excluding hydrogens is 392 g/mol. The minimum atomic E-state index is -0.288. The number of hydrogen-bond donors (Lipinski definition) is 1. The van der Waals surface area contributed by atoms with E-state index in [1.54, 1.807) is 6.07 Å². The first-order valence-corrected chi connectivity index (χ1v) is 7.65.